The summed E-state index contributed by atoms with van der Waals surface area (Å²) in [5.74, 6) is -0.757. The third-order valence-electron chi connectivity index (χ3n) is 4.76. The second-order valence-electron chi connectivity index (χ2n) is 6.78. The fraction of sp³-hybridized carbons (Fsp3) is 0.316. The van der Waals surface area contributed by atoms with Crippen molar-refractivity contribution in [1.82, 2.24) is 4.90 Å². The maximum atomic E-state index is 12.7. The van der Waals surface area contributed by atoms with E-state index in [0.29, 0.717) is 18.8 Å². The Morgan fingerprint density at radius 2 is 1.69 bits per heavy atom. The van der Waals surface area contributed by atoms with Gasteiger partial charge in [0.1, 0.15) is 5.56 Å². The molecular weight excluding hydrogens is 389 g/mol. The second kappa shape index (κ2) is 8.08. The highest BCUT2D eigenvalue weighted by molar-refractivity contribution is 6.07. The summed E-state index contributed by atoms with van der Waals surface area (Å²) >= 11 is 0. The van der Waals surface area contributed by atoms with Crippen LogP contribution in [0, 0.1) is 10.1 Å². The van der Waals surface area contributed by atoms with Crippen LogP contribution >= 0.6 is 0 Å². The number of halogens is 3. The average Bonchev–Trinajstić information content (AvgIpc) is 2.67. The SMILES string of the molecule is CN1CCN(c2ccc([N+](=O)[O-])c(C(=O)Nc3ccc(C(F)(F)F)cc3)c2)CC1. The van der Waals surface area contributed by atoms with E-state index in [0.717, 1.165) is 37.4 Å². The fourth-order valence-corrected chi connectivity index (χ4v) is 3.07. The zero-order valence-corrected chi connectivity index (χ0v) is 15.6. The van der Waals surface area contributed by atoms with Crippen LogP contribution in [0.4, 0.5) is 30.2 Å². The minimum Gasteiger partial charge on any atom is -0.369 e. The summed E-state index contributed by atoms with van der Waals surface area (Å²) in [6.45, 7) is 3.08. The maximum Gasteiger partial charge on any atom is 0.416 e. The number of nitro groups is 1. The molecule has 3 rings (SSSR count). The number of piperazine rings is 1. The van der Waals surface area contributed by atoms with Crippen LogP contribution in [0.5, 0.6) is 0 Å². The first-order valence-electron chi connectivity index (χ1n) is 8.85. The maximum absolute atomic E-state index is 12.7. The Balaban J connectivity index is 1.84. The molecule has 10 heteroatoms. The van der Waals surface area contributed by atoms with E-state index in [1.807, 2.05) is 11.9 Å². The number of alkyl halides is 3. The number of hydrogen-bond donors (Lipinski definition) is 1. The highest BCUT2D eigenvalue weighted by Crippen LogP contribution is 2.30. The summed E-state index contributed by atoms with van der Waals surface area (Å²) in [7, 11) is 2.00. The lowest BCUT2D eigenvalue weighted by Crippen LogP contribution is -2.44. The molecule has 1 saturated heterocycles. The van der Waals surface area contributed by atoms with Crippen LogP contribution in [0.1, 0.15) is 15.9 Å². The van der Waals surface area contributed by atoms with Gasteiger partial charge in [-0.25, -0.2) is 0 Å². The summed E-state index contributed by atoms with van der Waals surface area (Å²) in [5.41, 5.74) is -0.569. The number of carbonyl (C=O) groups is 1. The predicted molar refractivity (Wildman–Crippen MR) is 102 cm³/mol. The van der Waals surface area contributed by atoms with Gasteiger partial charge >= 0.3 is 6.18 Å². The highest BCUT2D eigenvalue weighted by atomic mass is 19.4. The summed E-state index contributed by atoms with van der Waals surface area (Å²) < 4.78 is 38.0. The van der Waals surface area contributed by atoms with Gasteiger partial charge in [-0.3, -0.25) is 14.9 Å². The van der Waals surface area contributed by atoms with Gasteiger partial charge in [0.15, 0.2) is 0 Å². The van der Waals surface area contributed by atoms with Crippen LogP contribution < -0.4 is 10.2 Å². The Bertz CT molecular complexity index is 908. The molecule has 2 aromatic carbocycles. The minimum absolute atomic E-state index is 0.113. The molecule has 154 valence electrons. The molecule has 1 fully saturated rings. The Morgan fingerprint density at radius 1 is 1.07 bits per heavy atom. The number of benzene rings is 2. The first-order valence-corrected chi connectivity index (χ1v) is 8.85. The van der Waals surface area contributed by atoms with Crippen molar-refractivity contribution in [2.45, 2.75) is 6.18 Å². The van der Waals surface area contributed by atoms with Crippen LogP contribution in [0.3, 0.4) is 0 Å². The molecule has 7 nitrogen and oxygen atoms in total. The summed E-state index contributed by atoms with van der Waals surface area (Å²) in [6, 6.07) is 8.21. The van der Waals surface area contributed by atoms with Crippen molar-refractivity contribution in [2.75, 3.05) is 43.4 Å². The monoisotopic (exact) mass is 408 g/mol. The Hall–Kier alpha value is -3.14. The van der Waals surface area contributed by atoms with Gasteiger partial charge in [-0.15, -0.1) is 0 Å². The lowest BCUT2D eigenvalue weighted by Gasteiger charge is -2.34. The van der Waals surface area contributed by atoms with Crippen LogP contribution in [0.25, 0.3) is 0 Å². The normalized spacial score (nSPS) is 15.2. The van der Waals surface area contributed by atoms with Crippen molar-refractivity contribution < 1.29 is 22.9 Å². The Kier molecular flexibility index (Phi) is 5.73. The first-order chi connectivity index (χ1) is 13.6. The van der Waals surface area contributed by atoms with Crippen molar-refractivity contribution >= 4 is 23.0 Å². The third-order valence-corrected chi connectivity index (χ3v) is 4.76. The molecule has 0 bridgehead atoms. The summed E-state index contributed by atoms with van der Waals surface area (Å²) in [5, 5.41) is 13.8. The molecular formula is C19H19F3N4O3. The molecule has 0 aliphatic carbocycles. The van der Waals surface area contributed by atoms with E-state index < -0.39 is 22.6 Å². The van der Waals surface area contributed by atoms with Crippen LogP contribution in [-0.4, -0.2) is 49.0 Å². The zero-order chi connectivity index (χ0) is 21.2. The first kappa shape index (κ1) is 20.6. The Morgan fingerprint density at radius 3 is 2.24 bits per heavy atom. The van der Waals surface area contributed by atoms with Gasteiger partial charge in [-0.1, -0.05) is 0 Å². The quantitative estimate of drug-likeness (QED) is 0.618. The van der Waals surface area contributed by atoms with Gasteiger partial charge < -0.3 is 15.1 Å². The van der Waals surface area contributed by atoms with E-state index in [9.17, 15) is 28.1 Å². The minimum atomic E-state index is -4.49. The number of likely N-dealkylation sites (N-methyl/N-ethyl adjacent to an activating group) is 1. The van der Waals surface area contributed by atoms with E-state index in [1.54, 1.807) is 6.07 Å². The number of nitro benzene ring substituents is 1. The van der Waals surface area contributed by atoms with Crippen molar-refractivity contribution in [2.24, 2.45) is 0 Å². The molecule has 0 atom stereocenters. The van der Waals surface area contributed by atoms with Gasteiger partial charge in [-0.05, 0) is 43.4 Å². The molecule has 1 N–H and O–H groups in total. The molecule has 1 amide bonds. The van der Waals surface area contributed by atoms with Crippen LogP contribution in [-0.2, 0) is 6.18 Å². The lowest BCUT2D eigenvalue weighted by molar-refractivity contribution is -0.385. The molecule has 0 radical (unpaired) electrons. The van der Waals surface area contributed by atoms with Gasteiger partial charge in [-0.2, -0.15) is 13.2 Å². The lowest BCUT2D eigenvalue weighted by atomic mass is 10.1. The molecule has 1 aliphatic rings. The van der Waals surface area contributed by atoms with Crippen molar-refractivity contribution in [1.29, 1.82) is 0 Å². The van der Waals surface area contributed by atoms with Crippen molar-refractivity contribution in [3.05, 3.63) is 63.7 Å². The molecule has 1 heterocycles. The largest absolute Gasteiger partial charge is 0.416 e. The molecule has 0 unspecified atom stereocenters. The predicted octanol–water partition coefficient (Wildman–Crippen LogP) is 3.62. The van der Waals surface area contributed by atoms with E-state index >= 15 is 0 Å². The number of hydrogen-bond acceptors (Lipinski definition) is 5. The number of nitrogens with one attached hydrogen (secondary N) is 1. The zero-order valence-electron chi connectivity index (χ0n) is 15.6. The third kappa shape index (κ3) is 4.83. The number of nitrogens with zero attached hydrogens (tertiary/aromatic N) is 3. The van der Waals surface area contributed by atoms with Crippen molar-refractivity contribution in [3.8, 4) is 0 Å². The summed E-state index contributed by atoms with van der Waals surface area (Å²) in [6.07, 6.45) is -4.49. The van der Waals surface area contributed by atoms with Crippen LogP contribution in [0.15, 0.2) is 42.5 Å². The molecule has 2 aromatic rings. The average molecular weight is 408 g/mol. The molecule has 0 spiro atoms. The van der Waals surface area contributed by atoms with E-state index in [2.05, 4.69) is 10.2 Å². The van der Waals surface area contributed by atoms with Gasteiger partial charge in [0.2, 0.25) is 0 Å². The smallest absolute Gasteiger partial charge is 0.369 e. The number of rotatable bonds is 4. The second-order valence-corrected chi connectivity index (χ2v) is 6.78. The molecule has 0 aromatic heterocycles. The van der Waals surface area contributed by atoms with E-state index in [-0.39, 0.29) is 16.9 Å². The summed E-state index contributed by atoms with van der Waals surface area (Å²) in [4.78, 5) is 27.5. The number of amides is 1. The van der Waals surface area contributed by atoms with Gasteiger partial charge in [0.25, 0.3) is 11.6 Å². The molecule has 0 saturated carbocycles. The number of carbonyl (C=O) groups excluding carboxylic acids is 1. The topological polar surface area (TPSA) is 78.7 Å². The van der Waals surface area contributed by atoms with Crippen molar-refractivity contribution in [3.63, 3.8) is 0 Å². The van der Waals surface area contributed by atoms with Crippen LogP contribution in [0.2, 0.25) is 0 Å². The van der Waals surface area contributed by atoms with Gasteiger partial charge in [0.05, 0.1) is 10.5 Å². The standard InChI is InChI=1S/C19H19F3N4O3/c1-24-8-10-25(11-9-24)15-6-7-17(26(28)29)16(12-15)18(27)23-14-4-2-13(3-5-14)19(20,21)22/h2-7,12H,8-11H2,1H3,(H,23,27). The van der Waals surface area contributed by atoms with E-state index in [1.165, 1.54) is 12.1 Å². The Labute approximate surface area is 164 Å². The van der Waals surface area contributed by atoms with Gasteiger partial charge in [0, 0.05) is 43.6 Å². The molecule has 29 heavy (non-hydrogen) atoms. The number of anilines is 2. The molecule has 1 aliphatic heterocycles. The van der Waals surface area contributed by atoms with E-state index in [4.69, 9.17) is 0 Å². The highest BCUT2D eigenvalue weighted by Gasteiger charge is 2.30. The fourth-order valence-electron chi connectivity index (χ4n) is 3.07.